The lowest BCUT2D eigenvalue weighted by atomic mass is 10.1. The van der Waals surface area contributed by atoms with Crippen molar-refractivity contribution in [2.24, 2.45) is 0 Å². The molecule has 0 atom stereocenters. The SMILES string of the molecule is CCc1nnc2sc(-c3ccc(CNC(=S)NC(C)=O)cc3)nn12. The zero-order valence-electron chi connectivity index (χ0n) is 13.2. The fraction of sp³-hybridized carbons (Fsp3) is 0.267. The highest BCUT2D eigenvalue weighted by molar-refractivity contribution is 7.80. The van der Waals surface area contributed by atoms with E-state index < -0.39 is 0 Å². The summed E-state index contributed by atoms with van der Waals surface area (Å²) in [5.74, 6) is 0.678. The molecule has 2 heterocycles. The molecule has 124 valence electrons. The van der Waals surface area contributed by atoms with Crippen molar-refractivity contribution in [2.45, 2.75) is 26.8 Å². The third-order valence-corrected chi connectivity index (χ3v) is 4.51. The van der Waals surface area contributed by atoms with Crippen molar-refractivity contribution in [1.29, 1.82) is 0 Å². The van der Waals surface area contributed by atoms with Crippen LogP contribution in [0.4, 0.5) is 0 Å². The van der Waals surface area contributed by atoms with Crippen LogP contribution in [-0.4, -0.2) is 30.8 Å². The Morgan fingerprint density at radius 3 is 2.71 bits per heavy atom. The van der Waals surface area contributed by atoms with Crippen LogP contribution >= 0.6 is 23.6 Å². The van der Waals surface area contributed by atoms with Gasteiger partial charge in [0.15, 0.2) is 10.9 Å². The van der Waals surface area contributed by atoms with E-state index >= 15 is 0 Å². The second-order valence-corrected chi connectivity index (χ2v) is 6.50. The summed E-state index contributed by atoms with van der Waals surface area (Å²) in [6.07, 6.45) is 0.795. The van der Waals surface area contributed by atoms with Crippen LogP contribution in [0.15, 0.2) is 24.3 Å². The molecule has 1 aromatic carbocycles. The monoisotopic (exact) mass is 360 g/mol. The number of thiocarbonyl (C=S) groups is 1. The second-order valence-electron chi connectivity index (χ2n) is 5.13. The van der Waals surface area contributed by atoms with Crippen LogP contribution in [0.25, 0.3) is 15.5 Å². The fourth-order valence-corrected chi connectivity index (χ4v) is 3.23. The van der Waals surface area contributed by atoms with Gasteiger partial charge in [0, 0.05) is 25.5 Å². The Kier molecular flexibility index (Phi) is 4.81. The number of benzene rings is 1. The first-order valence-corrected chi connectivity index (χ1v) is 8.65. The highest BCUT2D eigenvalue weighted by atomic mass is 32.1. The Morgan fingerprint density at radius 1 is 1.29 bits per heavy atom. The van der Waals surface area contributed by atoms with E-state index in [2.05, 4.69) is 25.9 Å². The predicted molar refractivity (Wildman–Crippen MR) is 96.7 cm³/mol. The van der Waals surface area contributed by atoms with Gasteiger partial charge in [-0.05, 0) is 17.8 Å². The zero-order valence-corrected chi connectivity index (χ0v) is 14.9. The average molecular weight is 360 g/mol. The van der Waals surface area contributed by atoms with Gasteiger partial charge in [-0.15, -0.1) is 10.2 Å². The second kappa shape index (κ2) is 7.02. The first-order valence-electron chi connectivity index (χ1n) is 7.42. The van der Waals surface area contributed by atoms with E-state index in [9.17, 15) is 4.79 Å². The number of carbonyl (C=O) groups is 1. The number of nitrogens with zero attached hydrogens (tertiary/aromatic N) is 4. The van der Waals surface area contributed by atoms with E-state index in [1.807, 2.05) is 31.2 Å². The maximum absolute atomic E-state index is 10.9. The number of amides is 1. The van der Waals surface area contributed by atoms with Crippen LogP contribution in [0.1, 0.15) is 25.2 Å². The normalized spacial score (nSPS) is 10.8. The molecule has 3 aromatic rings. The number of rotatable bonds is 4. The molecule has 0 unspecified atom stereocenters. The van der Waals surface area contributed by atoms with Crippen molar-refractivity contribution in [3.8, 4) is 10.6 Å². The minimum atomic E-state index is -0.183. The minimum Gasteiger partial charge on any atom is -0.358 e. The van der Waals surface area contributed by atoms with Crippen molar-refractivity contribution >= 4 is 39.5 Å². The van der Waals surface area contributed by atoms with Crippen molar-refractivity contribution in [1.82, 2.24) is 30.4 Å². The lowest BCUT2D eigenvalue weighted by molar-refractivity contribution is -0.117. The number of fused-ring (bicyclic) bond motifs is 1. The number of aryl methyl sites for hydroxylation is 1. The van der Waals surface area contributed by atoms with E-state index in [1.54, 1.807) is 4.52 Å². The molecule has 0 saturated heterocycles. The van der Waals surface area contributed by atoms with Crippen molar-refractivity contribution in [2.75, 3.05) is 0 Å². The summed E-state index contributed by atoms with van der Waals surface area (Å²) in [4.78, 5) is 11.7. The van der Waals surface area contributed by atoms with Gasteiger partial charge in [0.1, 0.15) is 5.01 Å². The summed E-state index contributed by atoms with van der Waals surface area (Å²) in [5, 5.41) is 19.6. The van der Waals surface area contributed by atoms with Gasteiger partial charge in [-0.2, -0.15) is 9.61 Å². The standard InChI is InChI=1S/C15H16N6OS2/c1-3-12-18-19-15-21(12)20-13(24-15)11-6-4-10(5-7-11)8-16-14(23)17-9(2)22/h4-7H,3,8H2,1-2H3,(H2,16,17,22,23). The van der Waals surface area contributed by atoms with E-state index in [-0.39, 0.29) is 5.91 Å². The van der Waals surface area contributed by atoms with Gasteiger partial charge in [-0.3, -0.25) is 4.79 Å². The third kappa shape index (κ3) is 3.57. The van der Waals surface area contributed by atoms with Gasteiger partial charge in [0.2, 0.25) is 10.9 Å². The molecule has 0 spiro atoms. The zero-order chi connectivity index (χ0) is 17.1. The first-order chi connectivity index (χ1) is 11.6. The smallest absolute Gasteiger partial charge is 0.234 e. The number of hydrogen-bond acceptors (Lipinski definition) is 6. The lowest BCUT2D eigenvalue weighted by Crippen LogP contribution is -2.37. The van der Waals surface area contributed by atoms with Crippen LogP contribution in [0, 0.1) is 0 Å². The molecule has 0 fully saturated rings. The summed E-state index contributed by atoms with van der Waals surface area (Å²) in [7, 11) is 0. The molecule has 0 aliphatic heterocycles. The van der Waals surface area contributed by atoms with E-state index in [4.69, 9.17) is 12.2 Å². The molecule has 2 aromatic heterocycles. The van der Waals surface area contributed by atoms with E-state index in [0.717, 1.165) is 33.3 Å². The molecule has 0 aliphatic carbocycles. The molecule has 7 nitrogen and oxygen atoms in total. The lowest BCUT2D eigenvalue weighted by Gasteiger charge is -2.08. The Bertz CT molecular complexity index is 883. The van der Waals surface area contributed by atoms with Gasteiger partial charge in [0.05, 0.1) is 0 Å². The molecule has 9 heteroatoms. The predicted octanol–water partition coefficient (Wildman–Crippen LogP) is 1.93. The maximum atomic E-state index is 10.9. The van der Waals surface area contributed by atoms with Crippen LogP contribution in [-0.2, 0) is 17.8 Å². The summed E-state index contributed by atoms with van der Waals surface area (Å²) < 4.78 is 1.79. The Balaban J connectivity index is 1.70. The van der Waals surface area contributed by atoms with Crippen LogP contribution in [0.3, 0.4) is 0 Å². The maximum Gasteiger partial charge on any atom is 0.234 e. The largest absolute Gasteiger partial charge is 0.358 e. The van der Waals surface area contributed by atoms with Gasteiger partial charge in [0.25, 0.3) is 0 Å². The Hall–Kier alpha value is -2.39. The van der Waals surface area contributed by atoms with E-state index in [0.29, 0.717) is 11.7 Å². The summed E-state index contributed by atoms with van der Waals surface area (Å²) in [6.45, 7) is 4.00. The molecule has 3 rings (SSSR count). The summed E-state index contributed by atoms with van der Waals surface area (Å²) >= 11 is 6.53. The topological polar surface area (TPSA) is 84.2 Å². The molecule has 2 N–H and O–H groups in total. The van der Waals surface area contributed by atoms with Crippen molar-refractivity contribution < 1.29 is 4.79 Å². The highest BCUT2D eigenvalue weighted by Gasteiger charge is 2.11. The molecule has 0 saturated carbocycles. The fourth-order valence-electron chi connectivity index (χ4n) is 2.15. The van der Waals surface area contributed by atoms with Crippen LogP contribution in [0.2, 0.25) is 0 Å². The van der Waals surface area contributed by atoms with Gasteiger partial charge in [-0.25, -0.2) is 0 Å². The van der Waals surface area contributed by atoms with Crippen LogP contribution in [0.5, 0.6) is 0 Å². The molecule has 1 amide bonds. The highest BCUT2D eigenvalue weighted by Crippen LogP contribution is 2.25. The van der Waals surface area contributed by atoms with Crippen LogP contribution < -0.4 is 10.6 Å². The van der Waals surface area contributed by atoms with Gasteiger partial charge in [-0.1, -0.05) is 42.5 Å². The minimum absolute atomic E-state index is 0.183. The molecule has 0 radical (unpaired) electrons. The first kappa shape index (κ1) is 16.5. The quantitative estimate of drug-likeness (QED) is 0.692. The van der Waals surface area contributed by atoms with Crippen molar-refractivity contribution in [3.63, 3.8) is 0 Å². The Morgan fingerprint density at radius 2 is 2.04 bits per heavy atom. The number of nitrogens with one attached hydrogen (secondary N) is 2. The number of hydrogen-bond donors (Lipinski definition) is 2. The molecular formula is C15H16N6OS2. The molecule has 0 bridgehead atoms. The number of aromatic nitrogens is 4. The number of carbonyl (C=O) groups excluding carboxylic acids is 1. The summed E-state index contributed by atoms with van der Waals surface area (Å²) in [6, 6.07) is 8.02. The van der Waals surface area contributed by atoms with E-state index in [1.165, 1.54) is 18.3 Å². The average Bonchev–Trinajstić information content (AvgIpc) is 3.13. The molecule has 24 heavy (non-hydrogen) atoms. The third-order valence-electron chi connectivity index (χ3n) is 3.32. The van der Waals surface area contributed by atoms with Gasteiger partial charge >= 0.3 is 0 Å². The molecular weight excluding hydrogens is 344 g/mol. The Labute approximate surface area is 148 Å². The van der Waals surface area contributed by atoms with Crippen molar-refractivity contribution in [3.05, 3.63) is 35.7 Å². The summed E-state index contributed by atoms with van der Waals surface area (Å²) in [5.41, 5.74) is 2.09. The molecule has 0 aliphatic rings. The van der Waals surface area contributed by atoms with Gasteiger partial charge < -0.3 is 10.6 Å².